The third-order valence-corrected chi connectivity index (χ3v) is 10.7. The van der Waals surface area contributed by atoms with Crippen molar-refractivity contribution in [2.24, 2.45) is 17.8 Å². The molecule has 5 heterocycles. The molecule has 230 valence electrons. The monoisotopic (exact) mass is 657 g/mol. The Labute approximate surface area is 264 Å². The third kappa shape index (κ3) is 4.04. The number of nitrogens with one attached hydrogen (secondary N) is 2. The highest BCUT2D eigenvalue weighted by atomic mass is 79.9. The topological polar surface area (TPSA) is 118 Å². The summed E-state index contributed by atoms with van der Waals surface area (Å²) in [7, 11) is 0. The Hall–Kier alpha value is -2.73. The van der Waals surface area contributed by atoms with Crippen LogP contribution in [0.2, 0.25) is 0 Å². The quantitative estimate of drug-likeness (QED) is 0.425. The van der Waals surface area contributed by atoms with E-state index in [2.05, 4.69) is 26.2 Å². The van der Waals surface area contributed by atoms with Crippen LogP contribution < -0.4 is 5.32 Å². The summed E-state index contributed by atoms with van der Waals surface area (Å²) < 4.78 is 32.4. The van der Waals surface area contributed by atoms with Crippen molar-refractivity contribution in [1.82, 2.24) is 25.0 Å². The number of benzene rings is 1. The average molecular weight is 659 g/mol. The zero-order valence-electron chi connectivity index (χ0n) is 27.8. The van der Waals surface area contributed by atoms with Crippen molar-refractivity contribution in [2.75, 3.05) is 20.1 Å². The van der Waals surface area contributed by atoms with Crippen LogP contribution in [-0.4, -0.2) is 92.3 Å². The Morgan fingerprint density at radius 3 is 2.81 bits per heavy atom. The summed E-state index contributed by atoms with van der Waals surface area (Å²) in [6, 6.07) is 3.61. The number of ether oxygens (including phenoxy) is 1. The minimum Gasteiger partial charge on any atom is -0.349 e. The first-order valence-corrected chi connectivity index (χ1v) is 16.0. The number of fused-ring (bicyclic) bond motifs is 5. The number of aromatic amines is 1. The van der Waals surface area contributed by atoms with Crippen LogP contribution in [0.5, 0.6) is 0 Å². The van der Waals surface area contributed by atoms with Crippen molar-refractivity contribution >= 4 is 50.1 Å². The molecule has 0 radical (unpaired) electrons. The second-order valence-electron chi connectivity index (χ2n) is 13.4. The molecule has 10 nitrogen and oxygen atoms in total. The number of halogens is 1. The summed E-state index contributed by atoms with van der Waals surface area (Å²) in [6.45, 7) is 5.20. The second kappa shape index (κ2) is 9.89. The Balaban J connectivity index is 1.28. The largest absolute Gasteiger partial charge is 0.349 e. The Bertz CT molecular complexity index is 1670. The predicted octanol–water partition coefficient (Wildman–Crippen LogP) is 3.19. The molecule has 1 aromatic heterocycles. The lowest BCUT2D eigenvalue weighted by Gasteiger charge is -2.49. The van der Waals surface area contributed by atoms with Crippen molar-refractivity contribution in [3.05, 3.63) is 40.0 Å². The van der Waals surface area contributed by atoms with Crippen LogP contribution in [0.1, 0.15) is 62.2 Å². The fraction of sp³-hybridized carbons (Fsp3) is 0.594. The lowest BCUT2D eigenvalue weighted by molar-refractivity contribution is -0.322. The van der Waals surface area contributed by atoms with E-state index in [-0.39, 0.29) is 18.4 Å². The summed E-state index contributed by atoms with van der Waals surface area (Å²) in [4.78, 5) is 50.0. The standard InChI is InChI=1S/C32H40BrN5O5/c1-16(2)12-24-29(40)37-11-7-10-25(37)32(42)38(24)30(41)31(43-32,17(3)4)35-28(39)18-13-20-19-8-6-9-22-26(19)21(27(33)34-22)14-23(20)36(5)15-18/h6,8-9,13,16-18,23-25,34,42H,7,10-12,14-15H2,1-5H3,(H,35,39)/t18-,23-,24+,25+,31-,32+/m1/s1/i5+1D3. The molecular formula is C32H40BrN5O5. The number of H-pyrrole nitrogens is 1. The lowest BCUT2D eigenvalue weighted by Crippen LogP contribution is -2.71. The molecule has 0 unspecified atom stereocenters. The van der Waals surface area contributed by atoms with Gasteiger partial charge in [-0.25, -0.2) is 0 Å². The Morgan fingerprint density at radius 1 is 1.30 bits per heavy atom. The van der Waals surface area contributed by atoms with Gasteiger partial charge in [-0.3, -0.25) is 28.9 Å². The van der Waals surface area contributed by atoms with Crippen LogP contribution in [0.4, 0.5) is 0 Å². The molecule has 3 fully saturated rings. The molecular weight excluding hydrogens is 615 g/mol. The highest BCUT2D eigenvalue weighted by molar-refractivity contribution is 9.10. The summed E-state index contributed by atoms with van der Waals surface area (Å²) >= 11 is 3.61. The van der Waals surface area contributed by atoms with Gasteiger partial charge in [0, 0.05) is 40.1 Å². The highest BCUT2D eigenvalue weighted by Crippen LogP contribution is 2.49. The van der Waals surface area contributed by atoms with Crippen molar-refractivity contribution in [2.45, 2.75) is 83.1 Å². The smallest absolute Gasteiger partial charge is 0.281 e. The number of nitrogens with zero attached hydrogens (tertiary/aromatic N) is 3. The normalized spacial score (nSPS) is 35.1. The molecule has 43 heavy (non-hydrogen) atoms. The van der Waals surface area contributed by atoms with E-state index in [0.717, 1.165) is 32.2 Å². The van der Waals surface area contributed by atoms with E-state index in [0.29, 0.717) is 32.2 Å². The number of aliphatic hydroxyl groups is 1. The fourth-order valence-corrected chi connectivity index (χ4v) is 8.51. The van der Waals surface area contributed by atoms with E-state index >= 15 is 0 Å². The van der Waals surface area contributed by atoms with Crippen LogP contribution in [0.15, 0.2) is 28.9 Å². The maximum absolute atomic E-state index is 14.5. The number of hydrogen-bond donors (Lipinski definition) is 3. The molecule has 0 spiro atoms. The van der Waals surface area contributed by atoms with Gasteiger partial charge in [-0.2, -0.15) is 0 Å². The van der Waals surface area contributed by atoms with Gasteiger partial charge in [-0.15, -0.1) is 0 Å². The van der Waals surface area contributed by atoms with Crippen LogP contribution in [0.3, 0.4) is 0 Å². The van der Waals surface area contributed by atoms with Crippen molar-refractivity contribution in [3.63, 3.8) is 0 Å². The van der Waals surface area contributed by atoms with E-state index in [1.165, 1.54) is 9.80 Å². The Kier molecular flexibility index (Phi) is 5.88. The van der Waals surface area contributed by atoms with Gasteiger partial charge in [0.25, 0.3) is 11.8 Å². The first-order chi connectivity index (χ1) is 21.6. The summed E-state index contributed by atoms with van der Waals surface area (Å²) in [5.74, 6) is -5.12. The summed E-state index contributed by atoms with van der Waals surface area (Å²) in [5.41, 5.74) is 1.53. The predicted molar refractivity (Wildman–Crippen MR) is 164 cm³/mol. The van der Waals surface area contributed by atoms with E-state index in [9.17, 15) is 19.5 Å². The van der Waals surface area contributed by atoms with Crippen LogP contribution in [0.25, 0.3) is 16.5 Å². The second-order valence-corrected chi connectivity index (χ2v) is 14.2. The fourth-order valence-electron chi connectivity index (χ4n) is 7.93. The maximum atomic E-state index is 14.5. The number of carbonyl (C=O) groups is 3. The zero-order chi connectivity index (χ0) is 33.1. The first kappa shape index (κ1) is 25.6. The molecule has 3 amide bonds. The SMILES string of the molecule is [2H][13C]([2H])([2H])N1C[C@H](C(=O)N[C@]2(C(C)C)O[C@@]3(O)[C@@H]4CCCN4C(=O)[C@H](CC(C)C)N3C2=O)C=C2c3cccc4[nH]c(Br)c(c34)C[C@H]21. The molecule has 6 atom stereocenters. The zero-order valence-corrected chi connectivity index (χ0v) is 26.4. The van der Waals surface area contributed by atoms with Gasteiger partial charge in [0.2, 0.25) is 17.5 Å². The molecule has 3 saturated heterocycles. The number of rotatable bonds is 5. The van der Waals surface area contributed by atoms with Gasteiger partial charge in [-0.05, 0) is 77.3 Å². The molecule has 1 aromatic carbocycles. The van der Waals surface area contributed by atoms with Gasteiger partial charge in [0.05, 0.1) is 10.5 Å². The van der Waals surface area contributed by atoms with E-state index < -0.39 is 60.4 Å². The molecule has 11 heteroatoms. The van der Waals surface area contributed by atoms with Crippen LogP contribution in [0, 0.1) is 17.8 Å². The minimum atomic E-state index is -2.50. The molecule has 2 aromatic rings. The van der Waals surface area contributed by atoms with E-state index in [4.69, 9.17) is 8.85 Å². The van der Waals surface area contributed by atoms with Gasteiger partial charge >= 0.3 is 0 Å². The van der Waals surface area contributed by atoms with Gasteiger partial charge in [0.15, 0.2) is 0 Å². The Morgan fingerprint density at radius 2 is 2.09 bits per heavy atom. The highest BCUT2D eigenvalue weighted by Gasteiger charge is 2.72. The molecule has 0 saturated carbocycles. The number of carbonyl (C=O) groups excluding carboxylic acids is 3. The van der Waals surface area contributed by atoms with Gasteiger partial charge < -0.3 is 20.3 Å². The number of hydrogen-bond acceptors (Lipinski definition) is 6. The van der Waals surface area contributed by atoms with Crippen LogP contribution in [-0.2, 0) is 25.5 Å². The number of amides is 3. The summed E-state index contributed by atoms with van der Waals surface area (Å²) in [5, 5.41) is 16.0. The van der Waals surface area contributed by atoms with Crippen LogP contribution >= 0.6 is 15.9 Å². The van der Waals surface area contributed by atoms with Gasteiger partial charge in [-0.1, -0.05) is 45.9 Å². The molecule has 1 aliphatic carbocycles. The number of piperazine rings is 1. The molecule has 4 aliphatic heterocycles. The molecule has 5 aliphatic rings. The molecule has 7 rings (SSSR count). The van der Waals surface area contributed by atoms with E-state index in [1.807, 2.05) is 38.1 Å². The maximum Gasteiger partial charge on any atom is 0.281 e. The summed E-state index contributed by atoms with van der Waals surface area (Å²) in [6.07, 6.45) is 3.70. The third-order valence-electron chi connectivity index (χ3n) is 10.0. The van der Waals surface area contributed by atoms with Gasteiger partial charge in [0.1, 0.15) is 12.1 Å². The molecule has 0 bridgehead atoms. The first-order valence-electron chi connectivity index (χ1n) is 16.7. The minimum absolute atomic E-state index is 0.0441. The van der Waals surface area contributed by atoms with Crippen molar-refractivity contribution < 1.29 is 28.3 Å². The average Bonchev–Trinajstić information content (AvgIpc) is 3.66. The molecule has 3 N–H and O–H groups in total. The van der Waals surface area contributed by atoms with E-state index in [1.54, 1.807) is 18.7 Å². The van der Waals surface area contributed by atoms with Crippen molar-refractivity contribution in [1.29, 1.82) is 0 Å². The number of aromatic nitrogens is 1. The lowest BCUT2D eigenvalue weighted by atomic mass is 9.80. The van der Waals surface area contributed by atoms with Crippen molar-refractivity contribution in [3.8, 4) is 0 Å². The number of likely N-dealkylation sites (N-methyl/N-ethyl adjacent to an activating group) is 1.